The fourth-order valence-corrected chi connectivity index (χ4v) is 2.30. The van der Waals surface area contributed by atoms with Crippen molar-refractivity contribution in [2.24, 2.45) is 10.8 Å². The van der Waals surface area contributed by atoms with Crippen molar-refractivity contribution in [2.45, 2.75) is 13.8 Å². The van der Waals surface area contributed by atoms with Crippen molar-refractivity contribution in [3.05, 3.63) is 42.0 Å². The number of nitrogens with zero attached hydrogens (tertiary/aromatic N) is 2. The predicted molar refractivity (Wildman–Crippen MR) is 101 cm³/mol. The van der Waals surface area contributed by atoms with E-state index in [1.807, 2.05) is 6.92 Å². The largest absolute Gasteiger partial charge is 0.504 e. The maximum atomic E-state index is 9.98. The van der Waals surface area contributed by atoms with E-state index in [4.69, 9.17) is 22.7 Å². The zero-order valence-electron chi connectivity index (χ0n) is 13.8. The number of thiocarbonyl (C=S) groups is 1. The number of hydrogen-bond acceptors (Lipinski definition) is 6. The number of hydrogen-bond donors (Lipinski definition) is 4. The van der Waals surface area contributed by atoms with Gasteiger partial charge in [0.05, 0.1) is 18.0 Å². The van der Waals surface area contributed by atoms with Gasteiger partial charge in [0.15, 0.2) is 16.6 Å². The van der Waals surface area contributed by atoms with Crippen molar-refractivity contribution in [3.8, 4) is 23.0 Å². The molecule has 0 saturated heterocycles. The summed E-state index contributed by atoms with van der Waals surface area (Å²) in [7, 11) is 0. The highest BCUT2D eigenvalue weighted by Crippen LogP contribution is 2.37. The van der Waals surface area contributed by atoms with E-state index < -0.39 is 17.2 Å². The van der Waals surface area contributed by atoms with Gasteiger partial charge in [-0.25, -0.2) is 5.01 Å². The molecule has 8 heteroatoms. The summed E-state index contributed by atoms with van der Waals surface area (Å²) in [4.78, 5) is 0. The zero-order chi connectivity index (χ0) is 18.6. The third-order valence-electron chi connectivity index (χ3n) is 3.37. The van der Waals surface area contributed by atoms with Crippen LogP contribution in [-0.2, 0) is 0 Å². The molecular weight excluding hydrogens is 342 g/mol. The van der Waals surface area contributed by atoms with E-state index in [2.05, 4.69) is 5.10 Å². The predicted octanol–water partition coefficient (Wildman–Crippen LogP) is 2.68. The minimum Gasteiger partial charge on any atom is -0.504 e. The van der Waals surface area contributed by atoms with E-state index in [-0.39, 0.29) is 10.7 Å². The number of aromatic hydroxyl groups is 3. The van der Waals surface area contributed by atoms with Gasteiger partial charge in [0.25, 0.3) is 0 Å². The van der Waals surface area contributed by atoms with Crippen LogP contribution in [0.3, 0.4) is 0 Å². The highest BCUT2D eigenvalue weighted by Gasteiger charge is 2.15. The zero-order valence-corrected chi connectivity index (χ0v) is 14.6. The monoisotopic (exact) mass is 361 g/mol. The van der Waals surface area contributed by atoms with Gasteiger partial charge in [-0.05, 0) is 62.5 Å². The van der Waals surface area contributed by atoms with Gasteiger partial charge in [-0.1, -0.05) is 0 Å². The molecule has 5 N–H and O–H groups in total. The summed E-state index contributed by atoms with van der Waals surface area (Å²) in [5.74, 6) is -0.812. The van der Waals surface area contributed by atoms with E-state index in [1.54, 1.807) is 31.2 Å². The Morgan fingerprint density at radius 3 is 2.32 bits per heavy atom. The summed E-state index contributed by atoms with van der Waals surface area (Å²) in [5.41, 5.74) is 6.94. The highest BCUT2D eigenvalue weighted by molar-refractivity contribution is 7.80. The maximum Gasteiger partial charge on any atom is 0.200 e. The molecule has 0 amide bonds. The van der Waals surface area contributed by atoms with Crippen molar-refractivity contribution in [1.29, 1.82) is 0 Å². The molecule has 0 aliphatic rings. The molecule has 0 saturated carbocycles. The Balaban J connectivity index is 2.39. The van der Waals surface area contributed by atoms with E-state index in [1.165, 1.54) is 17.1 Å². The van der Waals surface area contributed by atoms with Gasteiger partial charge >= 0.3 is 0 Å². The number of rotatable bonds is 5. The molecule has 0 fully saturated rings. The lowest BCUT2D eigenvalue weighted by molar-refractivity contribution is 0.340. The summed E-state index contributed by atoms with van der Waals surface area (Å²) in [6.45, 7) is 4.06. The Hall–Kier alpha value is -3.00. The molecule has 0 aliphatic carbocycles. The first-order chi connectivity index (χ1) is 11.8. The molecule has 0 bridgehead atoms. The van der Waals surface area contributed by atoms with Gasteiger partial charge in [-0.15, -0.1) is 0 Å². The molecule has 2 aromatic rings. The second kappa shape index (κ2) is 7.71. The molecular formula is C17H19N3O4S. The molecule has 0 unspecified atom stereocenters. The van der Waals surface area contributed by atoms with Crippen molar-refractivity contribution in [1.82, 2.24) is 0 Å². The van der Waals surface area contributed by atoms with Crippen LogP contribution in [0.15, 0.2) is 41.5 Å². The van der Waals surface area contributed by atoms with Crippen molar-refractivity contribution < 1.29 is 20.1 Å². The lowest BCUT2D eigenvalue weighted by Crippen LogP contribution is -2.31. The molecule has 25 heavy (non-hydrogen) atoms. The quantitative estimate of drug-likeness (QED) is 0.280. The van der Waals surface area contributed by atoms with Crippen LogP contribution >= 0.6 is 12.2 Å². The molecule has 0 radical (unpaired) electrons. The SMILES string of the molecule is CCOc1ccc(N(/N=C(\C)c2ccc(O)c(O)c2O)C(N)=S)cc1. The van der Waals surface area contributed by atoms with Crippen LogP contribution in [-0.4, -0.2) is 32.8 Å². The Morgan fingerprint density at radius 1 is 1.12 bits per heavy atom. The topological polar surface area (TPSA) is 112 Å². The van der Waals surface area contributed by atoms with Crippen molar-refractivity contribution in [3.63, 3.8) is 0 Å². The molecule has 132 valence electrons. The van der Waals surface area contributed by atoms with Crippen LogP contribution in [0.25, 0.3) is 0 Å². The molecule has 7 nitrogen and oxygen atoms in total. The van der Waals surface area contributed by atoms with Crippen LogP contribution < -0.4 is 15.5 Å². The van der Waals surface area contributed by atoms with Crippen LogP contribution in [0.1, 0.15) is 19.4 Å². The smallest absolute Gasteiger partial charge is 0.200 e. The van der Waals surface area contributed by atoms with Crippen LogP contribution in [0.4, 0.5) is 5.69 Å². The Bertz CT molecular complexity index is 806. The van der Waals surface area contributed by atoms with Crippen molar-refractivity contribution >= 4 is 28.7 Å². The minimum absolute atomic E-state index is 0.00556. The summed E-state index contributed by atoms with van der Waals surface area (Å²) in [5, 5.41) is 34.7. The normalized spacial score (nSPS) is 11.2. The number of anilines is 1. The van der Waals surface area contributed by atoms with Crippen LogP contribution in [0.2, 0.25) is 0 Å². The van der Waals surface area contributed by atoms with Crippen molar-refractivity contribution in [2.75, 3.05) is 11.6 Å². The fraction of sp³-hybridized carbons (Fsp3) is 0.176. The fourth-order valence-electron chi connectivity index (χ4n) is 2.15. The van der Waals surface area contributed by atoms with E-state index in [0.717, 1.165) is 0 Å². The lowest BCUT2D eigenvalue weighted by atomic mass is 10.1. The number of benzene rings is 2. The van der Waals surface area contributed by atoms with Gasteiger partial charge in [-0.3, -0.25) is 0 Å². The van der Waals surface area contributed by atoms with Crippen LogP contribution in [0.5, 0.6) is 23.0 Å². The summed E-state index contributed by atoms with van der Waals surface area (Å²) in [6, 6.07) is 9.70. The second-order valence-electron chi connectivity index (χ2n) is 5.09. The Kier molecular flexibility index (Phi) is 5.66. The first-order valence-corrected chi connectivity index (χ1v) is 7.87. The minimum atomic E-state index is -0.616. The molecule has 0 spiro atoms. The van der Waals surface area contributed by atoms with Gasteiger partial charge in [0, 0.05) is 5.56 Å². The standard InChI is InChI=1S/C17H19N3O4S/c1-3-24-12-6-4-11(5-7-12)20(17(18)25)19-10(2)13-8-9-14(21)16(23)15(13)22/h4-9,21-23H,3H2,1-2H3,(H2,18,25)/b19-10+. The molecule has 0 atom stereocenters. The molecule has 2 rings (SSSR count). The van der Waals surface area contributed by atoms with Gasteiger partial charge in [0.2, 0.25) is 5.75 Å². The number of hydrazone groups is 1. The first-order valence-electron chi connectivity index (χ1n) is 7.47. The molecule has 0 aliphatic heterocycles. The van der Waals surface area contributed by atoms with Gasteiger partial charge < -0.3 is 25.8 Å². The Labute approximate surface area is 150 Å². The number of phenols is 3. The first kappa shape index (κ1) is 18.3. The molecule has 2 aromatic carbocycles. The van der Waals surface area contributed by atoms with Crippen LogP contribution in [0, 0.1) is 0 Å². The lowest BCUT2D eigenvalue weighted by Gasteiger charge is -2.19. The summed E-state index contributed by atoms with van der Waals surface area (Å²) < 4.78 is 5.39. The Morgan fingerprint density at radius 2 is 1.76 bits per heavy atom. The van der Waals surface area contributed by atoms with Gasteiger partial charge in [-0.2, -0.15) is 5.10 Å². The van der Waals surface area contributed by atoms with E-state index in [0.29, 0.717) is 23.8 Å². The van der Waals surface area contributed by atoms with E-state index >= 15 is 0 Å². The maximum absolute atomic E-state index is 9.98. The molecule has 0 aromatic heterocycles. The molecule has 0 heterocycles. The van der Waals surface area contributed by atoms with E-state index in [9.17, 15) is 15.3 Å². The number of ether oxygens (including phenoxy) is 1. The highest BCUT2D eigenvalue weighted by atomic mass is 32.1. The average Bonchev–Trinajstić information content (AvgIpc) is 2.58. The average molecular weight is 361 g/mol. The third-order valence-corrected chi connectivity index (χ3v) is 3.54. The number of nitrogens with two attached hydrogens (primary N) is 1. The second-order valence-corrected chi connectivity index (χ2v) is 5.51. The third kappa shape index (κ3) is 4.10. The van der Waals surface area contributed by atoms with Gasteiger partial charge in [0.1, 0.15) is 5.75 Å². The number of phenolic OH excluding ortho intramolecular Hbond substituents is 3. The summed E-state index contributed by atoms with van der Waals surface area (Å²) >= 11 is 5.04. The summed E-state index contributed by atoms with van der Waals surface area (Å²) in [6.07, 6.45) is 0.